The van der Waals surface area contributed by atoms with E-state index in [1.807, 2.05) is 0 Å². The summed E-state index contributed by atoms with van der Waals surface area (Å²) < 4.78 is 11.4. The topological polar surface area (TPSA) is 43.4 Å². The maximum atomic E-state index is 10.8. The molecule has 11 heavy (non-hydrogen) atoms. The summed E-state index contributed by atoms with van der Waals surface area (Å²) in [5.41, 5.74) is 0. The van der Waals surface area contributed by atoms with E-state index in [2.05, 4.69) is 4.74 Å². The molecule has 3 heteroatoms. The number of carbonyl (C=O) groups is 2. The minimum absolute atomic E-state index is 0.0459. The van der Waals surface area contributed by atoms with E-state index in [4.69, 9.17) is 1.37 Å². The molecule has 0 aliphatic rings. The molecule has 0 rings (SSSR count). The van der Waals surface area contributed by atoms with E-state index in [1.165, 1.54) is 6.92 Å². The van der Waals surface area contributed by atoms with Crippen LogP contribution in [0.1, 0.15) is 34.5 Å². The van der Waals surface area contributed by atoms with Gasteiger partial charge in [0.15, 0.2) is 0 Å². The molecule has 1 atom stereocenters. The molecular formula is C8H14O3. The van der Waals surface area contributed by atoms with Gasteiger partial charge in [-0.25, -0.2) is 0 Å². The minimum atomic E-state index is -0.839. The third kappa shape index (κ3) is 5.58. The first-order chi connectivity index (χ1) is 5.56. The Bertz CT molecular complexity index is 166. The Morgan fingerprint density at radius 3 is 2.45 bits per heavy atom. The van der Waals surface area contributed by atoms with Crippen molar-refractivity contribution in [3.05, 3.63) is 0 Å². The zero-order valence-electron chi connectivity index (χ0n) is 7.92. The maximum Gasteiger partial charge on any atom is 0.306 e. The van der Waals surface area contributed by atoms with Gasteiger partial charge < -0.3 is 4.74 Å². The van der Waals surface area contributed by atoms with Gasteiger partial charge in [-0.05, 0) is 6.92 Å². The molecule has 0 saturated carbocycles. The van der Waals surface area contributed by atoms with Crippen molar-refractivity contribution >= 4 is 11.8 Å². The molecule has 0 radical (unpaired) electrons. The summed E-state index contributed by atoms with van der Waals surface area (Å²) in [6.07, 6.45) is 0.766. The first-order valence-electron chi connectivity index (χ1n) is 4.27. The van der Waals surface area contributed by atoms with E-state index in [1.54, 1.807) is 6.92 Å². The molecule has 0 amide bonds. The number of ether oxygens (including phenoxy) is 1. The molecule has 1 unspecified atom stereocenters. The van der Waals surface area contributed by atoms with Gasteiger partial charge in [0.25, 0.3) is 0 Å². The van der Waals surface area contributed by atoms with Crippen LogP contribution in [0.3, 0.4) is 0 Å². The molecule has 0 saturated heterocycles. The number of ketones is 1. The van der Waals surface area contributed by atoms with Crippen LogP contribution < -0.4 is 0 Å². The first kappa shape index (κ1) is 8.24. The van der Waals surface area contributed by atoms with Gasteiger partial charge in [0.2, 0.25) is 0 Å². The first-order valence-corrected chi connectivity index (χ1v) is 3.69. The molecule has 0 fully saturated rings. The highest BCUT2D eigenvalue weighted by molar-refractivity contribution is 5.82. The normalized spacial score (nSPS) is 13.5. The molecule has 0 N–H and O–H groups in total. The quantitative estimate of drug-likeness (QED) is 0.568. The van der Waals surface area contributed by atoms with Crippen molar-refractivity contribution in [3.8, 4) is 0 Å². The second-order valence-corrected chi connectivity index (χ2v) is 2.12. The maximum absolute atomic E-state index is 10.8. The average Bonchev–Trinajstić information content (AvgIpc) is 1.99. The number of esters is 1. The average molecular weight is 159 g/mol. The smallest absolute Gasteiger partial charge is 0.306 e. The Morgan fingerprint density at radius 1 is 1.36 bits per heavy atom. The fourth-order valence-electron chi connectivity index (χ4n) is 0.609. The van der Waals surface area contributed by atoms with E-state index >= 15 is 0 Å². The zero-order chi connectivity index (χ0) is 9.56. The van der Waals surface area contributed by atoms with Crippen LogP contribution in [-0.4, -0.2) is 18.3 Å². The van der Waals surface area contributed by atoms with Gasteiger partial charge in [0.1, 0.15) is 5.78 Å². The summed E-state index contributed by atoms with van der Waals surface area (Å²) in [6.45, 7) is 2.37. The minimum Gasteiger partial charge on any atom is -0.466 e. The highest BCUT2D eigenvalue weighted by Crippen LogP contribution is 1.96. The Hall–Kier alpha value is -0.860. The Kier molecular flexibility index (Phi) is 4.41. The van der Waals surface area contributed by atoms with Crippen LogP contribution in [0.15, 0.2) is 0 Å². The van der Waals surface area contributed by atoms with Crippen LogP contribution in [0.25, 0.3) is 0 Å². The van der Waals surface area contributed by atoms with Crippen molar-refractivity contribution in [2.75, 3.05) is 6.58 Å². The largest absolute Gasteiger partial charge is 0.466 e. The second kappa shape index (κ2) is 5.89. The van der Waals surface area contributed by atoms with Crippen LogP contribution in [-0.2, 0) is 14.3 Å². The number of carbonyl (C=O) groups excluding carboxylic acids is 2. The molecule has 64 valence electrons. The lowest BCUT2D eigenvalue weighted by atomic mass is 10.2. The van der Waals surface area contributed by atoms with E-state index in [0.29, 0.717) is 6.42 Å². The standard InChI is InChI=1S/C8H14O3/c1-3-7(9)5-6-8(10)11-4-2/h3-6H2,1-2H3/i4D. The number of hydrogen-bond donors (Lipinski definition) is 0. The van der Waals surface area contributed by atoms with Crippen molar-refractivity contribution < 1.29 is 15.7 Å². The van der Waals surface area contributed by atoms with Gasteiger partial charge in [-0.2, -0.15) is 0 Å². The van der Waals surface area contributed by atoms with Crippen LogP contribution >= 0.6 is 0 Å². The number of rotatable bonds is 5. The van der Waals surface area contributed by atoms with Crippen molar-refractivity contribution in [2.24, 2.45) is 0 Å². The van der Waals surface area contributed by atoms with Gasteiger partial charge in [-0.3, -0.25) is 9.59 Å². The summed E-state index contributed by atoms with van der Waals surface area (Å²) in [5.74, 6) is -0.427. The van der Waals surface area contributed by atoms with Gasteiger partial charge >= 0.3 is 5.97 Å². The summed E-state index contributed by atoms with van der Waals surface area (Å²) in [6, 6.07) is 0. The van der Waals surface area contributed by atoms with E-state index in [-0.39, 0.29) is 18.6 Å². The monoisotopic (exact) mass is 159 g/mol. The van der Waals surface area contributed by atoms with Gasteiger partial charge in [-0.15, -0.1) is 0 Å². The lowest BCUT2D eigenvalue weighted by molar-refractivity contribution is -0.144. The second-order valence-electron chi connectivity index (χ2n) is 2.12. The third-order valence-electron chi connectivity index (χ3n) is 1.25. The highest BCUT2D eigenvalue weighted by Gasteiger charge is 2.04. The molecule has 0 spiro atoms. The van der Waals surface area contributed by atoms with Crippen molar-refractivity contribution in [3.63, 3.8) is 0 Å². The predicted octanol–water partition coefficient (Wildman–Crippen LogP) is 1.31. The van der Waals surface area contributed by atoms with Crippen molar-refractivity contribution in [2.45, 2.75) is 33.1 Å². The van der Waals surface area contributed by atoms with E-state index < -0.39 is 12.6 Å². The van der Waals surface area contributed by atoms with Gasteiger partial charge in [-0.1, -0.05) is 6.92 Å². The number of Topliss-reactive ketones (excluding diaryl/α,β-unsaturated/α-hetero) is 1. The highest BCUT2D eigenvalue weighted by atomic mass is 16.5. The molecule has 0 aliphatic carbocycles. The Labute approximate surface area is 68.1 Å². The number of hydrogen-bond acceptors (Lipinski definition) is 3. The Morgan fingerprint density at radius 2 is 2.00 bits per heavy atom. The molecule has 0 aromatic carbocycles. The molecule has 3 nitrogen and oxygen atoms in total. The summed E-state index contributed by atoms with van der Waals surface area (Å²) in [7, 11) is 0. The molecule has 0 heterocycles. The summed E-state index contributed by atoms with van der Waals surface area (Å²) >= 11 is 0. The van der Waals surface area contributed by atoms with Crippen LogP contribution in [0, 0.1) is 0 Å². The van der Waals surface area contributed by atoms with Crippen molar-refractivity contribution in [1.82, 2.24) is 0 Å². The van der Waals surface area contributed by atoms with E-state index in [0.717, 1.165) is 0 Å². The lowest BCUT2D eigenvalue weighted by Gasteiger charge is -1.99. The fourth-order valence-corrected chi connectivity index (χ4v) is 0.609. The SMILES string of the molecule is [2H]C(C)OC(=O)CCC(=O)CC. The molecule has 0 aromatic heterocycles. The molecule has 0 aromatic rings. The van der Waals surface area contributed by atoms with Crippen molar-refractivity contribution in [1.29, 1.82) is 0 Å². The third-order valence-corrected chi connectivity index (χ3v) is 1.25. The van der Waals surface area contributed by atoms with Gasteiger partial charge in [0, 0.05) is 12.8 Å². The summed E-state index contributed by atoms with van der Waals surface area (Å²) in [4.78, 5) is 21.5. The van der Waals surface area contributed by atoms with E-state index in [9.17, 15) is 9.59 Å². The molecular weight excluding hydrogens is 144 g/mol. The zero-order valence-corrected chi connectivity index (χ0v) is 6.92. The van der Waals surface area contributed by atoms with Crippen LogP contribution in [0.2, 0.25) is 0 Å². The molecule has 0 aliphatic heterocycles. The fraction of sp³-hybridized carbons (Fsp3) is 0.750. The summed E-state index contributed by atoms with van der Waals surface area (Å²) in [5, 5.41) is 0. The van der Waals surface area contributed by atoms with Crippen LogP contribution in [0.5, 0.6) is 0 Å². The molecule has 0 bridgehead atoms. The Balaban J connectivity index is 3.51. The predicted molar refractivity (Wildman–Crippen MR) is 41.2 cm³/mol. The van der Waals surface area contributed by atoms with Gasteiger partial charge in [0.05, 0.1) is 14.4 Å². The lowest BCUT2D eigenvalue weighted by Crippen LogP contribution is -2.06. The van der Waals surface area contributed by atoms with Crippen LogP contribution in [0.4, 0.5) is 0 Å².